The molecule has 0 fully saturated rings. The summed E-state index contributed by atoms with van der Waals surface area (Å²) in [5.74, 6) is -0.179. The normalized spacial score (nSPS) is 14.9. The van der Waals surface area contributed by atoms with E-state index in [1.165, 1.54) is 18.7 Å². The Kier molecular flexibility index (Phi) is 7.68. The molecule has 0 radical (unpaired) electrons. The van der Waals surface area contributed by atoms with Gasteiger partial charge in [-0.3, -0.25) is 0 Å². The number of rotatable bonds is 8. The molecule has 0 amide bonds. The molecule has 0 spiro atoms. The van der Waals surface area contributed by atoms with Crippen LogP contribution in [0.1, 0.15) is 24.9 Å². The van der Waals surface area contributed by atoms with Crippen molar-refractivity contribution in [1.82, 2.24) is 5.06 Å². The maximum Gasteiger partial charge on any atom is 0.330 e. The molecule has 0 saturated heterocycles. The number of hydroxylamine groups is 2. The van der Waals surface area contributed by atoms with Crippen LogP contribution >= 0.6 is 0 Å². The third kappa shape index (κ3) is 6.68. The first-order valence-corrected chi connectivity index (χ1v) is 11.4. The Morgan fingerprint density at radius 2 is 1.87 bits per heavy atom. The molecule has 0 N–H and O–H groups in total. The molecule has 0 bridgehead atoms. The van der Waals surface area contributed by atoms with E-state index in [9.17, 15) is 4.79 Å². The standard InChI is InChI=1S/C18H29NO3Si/c1-7-15(13-14-17(20)21-3)18(16-11-9-8-10-12-16)19(2)22-23(4,5)6/h8-15,18H,7H2,1-6H3/b14-13+. The number of ether oxygens (including phenoxy) is 1. The highest BCUT2D eigenvalue weighted by atomic mass is 28.4. The van der Waals surface area contributed by atoms with Gasteiger partial charge in [0.2, 0.25) is 8.32 Å². The molecule has 128 valence electrons. The van der Waals surface area contributed by atoms with Crippen molar-refractivity contribution in [2.75, 3.05) is 14.2 Å². The summed E-state index contributed by atoms with van der Waals surface area (Å²) >= 11 is 0. The van der Waals surface area contributed by atoms with Crippen molar-refractivity contribution in [2.24, 2.45) is 5.92 Å². The first-order chi connectivity index (χ1) is 10.8. The van der Waals surface area contributed by atoms with Gasteiger partial charge in [0, 0.05) is 13.1 Å². The summed E-state index contributed by atoms with van der Waals surface area (Å²) in [6.07, 6.45) is 4.33. The minimum Gasteiger partial charge on any atom is -0.466 e. The number of esters is 1. The first kappa shape index (κ1) is 19.6. The van der Waals surface area contributed by atoms with E-state index < -0.39 is 8.32 Å². The maximum absolute atomic E-state index is 11.4. The summed E-state index contributed by atoms with van der Waals surface area (Å²) in [4.78, 5) is 11.4. The summed E-state index contributed by atoms with van der Waals surface area (Å²) < 4.78 is 10.9. The van der Waals surface area contributed by atoms with Gasteiger partial charge in [0.25, 0.3) is 0 Å². The van der Waals surface area contributed by atoms with Gasteiger partial charge in [0.15, 0.2) is 0 Å². The third-order valence-electron chi connectivity index (χ3n) is 3.51. The minimum atomic E-state index is -1.72. The Bertz CT molecular complexity index is 511. The number of hydrogen-bond acceptors (Lipinski definition) is 4. The van der Waals surface area contributed by atoms with Crippen LogP contribution in [0, 0.1) is 5.92 Å². The largest absolute Gasteiger partial charge is 0.466 e. The molecule has 0 aromatic heterocycles. The monoisotopic (exact) mass is 335 g/mol. The van der Waals surface area contributed by atoms with Crippen LogP contribution in [0.25, 0.3) is 0 Å². The summed E-state index contributed by atoms with van der Waals surface area (Å²) in [6, 6.07) is 10.3. The summed E-state index contributed by atoms with van der Waals surface area (Å²) in [5.41, 5.74) is 1.18. The predicted octanol–water partition coefficient (Wildman–Crippen LogP) is 4.18. The van der Waals surface area contributed by atoms with Crippen LogP contribution in [0.5, 0.6) is 0 Å². The van der Waals surface area contributed by atoms with Crippen molar-refractivity contribution in [2.45, 2.75) is 39.0 Å². The van der Waals surface area contributed by atoms with Gasteiger partial charge >= 0.3 is 5.97 Å². The smallest absolute Gasteiger partial charge is 0.330 e. The zero-order valence-electron chi connectivity index (χ0n) is 15.1. The quantitative estimate of drug-likeness (QED) is 0.309. The molecular formula is C18H29NO3Si. The van der Waals surface area contributed by atoms with Crippen LogP contribution in [-0.2, 0) is 14.1 Å². The average molecular weight is 336 g/mol. The Balaban J connectivity index is 3.11. The second-order valence-corrected chi connectivity index (χ2v) is 11.0. The lowest BCUT2D eigenvalue weighted by atomic mass is 9.90. The number of carbonyl (C=O) groups excluding carboxylic acids is 1. The molecule has 0 aliphatic carbocycles. The van der Waals surface area contributed by atoms with E-state index in [0.29, 0.717) is 0 Å². The zero-order chi connectivity index (χ0) is 17.5. The molecule has 0 aliphatic rings. The van der Waals surface area contributed by atoms with Gasteiger partial charge in [-0.1, -0.05) is 43.3 Å². The molecule has 4 nitrogen and oxygen atoms in total. The Morgan fingerprint density at radius 1 is 1.26 bits per heavy atom. The fourth-order valence-corrected chi connectivity index (χ4v) is 3.58. The summed E-state index contributed by atoms with van der Waals surface area (Å²) in [7, 11) is 1.65. The molecule has 1 aromatic carbocycles. The first-order valence-electron chi connectivity index (χ1n) is 8.01. The number of nitrogens with zero attached hydrogens (tertiary/aromatic N) is 1. The number of benzene rings is 1. The predicted molar refractivity (Wildman–Crippen MR) is 96.3 cm³/mol. The zero-order valence-corrected chi connectivity index (χ0v) is 16.1. The topological polar surface area (TPSA) is 38.8 Å². The van der Waals surface area contributed by atoms with Crippen LogP contribution < -0.4 is 0 Å². The lowest BCUT2D eigenvalue weighted by Crippen LogP contribution is -2.39. The second kappa shape index (κ2) is 9.01. The van der Waals surface area contributed by atoms with Gasteiger partial charge in [-0.25, -0.2) is 4.79 Å². The van der Waals surface area contributed by atoms with Crippen molar-refractivity contribution in [3.63, 3.8) is 0 Å². The van der Waals surface area contributed by atoms with Crippen LogP contribution in [0.4, 0.5) is 0 Å². The van der Waals surface area contributed by atoms with Crippen molar-refractivity contribution in [3.05, 3.63) is 48.0 Å². The van der Waals surface area contributed by atoms with Gasteiger partial charge in [0.05, 0.1) is 13.2 Å². The van der Waals surface area contributed by atoms with E-state index in [0.717, 1.165) is 6.42 Å². The van der Waals surface area contributed by atoms with Gasteiger partial charge in [-0.2, -0.15) is 5.06 Å². The Morgan fingerprint density at radius 3 is 2.35 bits per heavy atom. The highest BCUT2D eigenvalue weighted by Crippen LogP contribution is 2.32. The highest BCUT2D eigenvalue weighted by Gasteiger charge is 2.28. The summed E-state index contributed by atoms with van der Waals surface area (Å²) in [6.45, 7) is 8.61. The SMILES string of the molecule is CCC(/C=C/C(=O)OC)C(c1ccccc1)N(C)O[Si](C)(C)C. The Labute approximate surface area is 141 Å². The van der Waals surface area contributed by atoms with E-state index >= 15 is 0 Å². The van der Waals surface area contributed by atoms with Gasteiger partial charge in [-0.05, 0) is 37.5 Å². The number of methoxy groups -OCH3 is 1. The fourth-order valence-electron chi connectivity index (χ4n) is 2.60. The molecule has 1 rings (SSSR count). The molecular weight excluding hydrogens is 306 g/mol. The van der Waals surface area contributed by atoms with E-state index in [1.807, 2.05) is 36.4 Å². The third-order valence-corrected chi connectivity index (χ3v) is 4.34. The number of hydrogen-bond donors (Lipinski definition) is 0. The van der Waals surface area contributed by atoms with Crippen LogP contribution in [-0.4, -0.2) is 33.5 Å². The van der Waals surface area contributed by atoms with Crippen LogP contribution in [0.2, 0.25) is 19.6 Å². The maximum atomic E-state index is 11.4. The van der Waals surface area contributed by atoms with Crippen molar-refractivity contribution >= 4 is 14.3 Å². The second-order valence-electron chi connectivity index (χ2n) is 6.56. The van der Waals surface area contributed by atoms with E-state index in [1.54, 1.807) is 0 Å². The molecule has 0 aliphatic heterocycles. The van der Waals surface area contributed by atoms with Gasteiger partial charge < -0.3 is 9.26 Å². The fraction of sp³-hybridized carbons (Fsp3) is 0.500. The highest BCUT2D eigenvalue weighted by molar-refractivity contribution is 6.69. The lowest BCUT2D eigenvalue weighted by molar-refractivity contribution is -0.135. The molecule has 23 heavy (non-hydrogen) atoms. The molecule has 2 unspecified atom stereocenters. The van der Waals surface area contributed by atoms with Gasteiger partial charge in [0.1, 0.15) is 0 Å². The van der Waals surface area contributed by atoms with Crippen molar-refractivity contribution in [3.8, 4) is 0 Å². The van der Waals surface area contributed by atoms with Crippen LogP contribution in [0.3, 0.4) is 0 Å². The average Bonchev–Trinajstić information content (AvgIpc) is 2.49. The van der Waals surface area contributed by atoms with E-state index in [-0.39, 0.29) is 17.9 Å². The van der Waals surface area contributed by atoms with E-state index in [2.05, 4.69) is 38.7 Å². The van der Waals surface area contributed by atoms with Crippen molar-refractivity contribution in [1.29, 1.82) is 0 Å². The summed E-state index contributed by atoms with van der Waals surface area (Å²) in [5, 5.41) is 1.96. The molecule has 2 atom stereocenters. The van der Waals surface area contributed by atoms with Gasteiger partial charge in [-0.15, -0.1) is 0 Å². The van der Waals surface area contributed by atoms with E-state index in [4.69, 9.17) is 9.26 Å². The number of carbonyl (C=O) groups is 1. The molecule has 5 heteroatoms. The Hall–Kier alpha value is -1.43. The molecule has 0 heterocycles. The van der Waals surface area contributed by atoms with Crippen LogP contribution in [0.15, 0.2) is 42.5 Å². The molecule has 1 aromatic rings. The van der Waals surface area contributed by atoms with Crippen molar-refractivity contribution < 1.29 is 14.1 Å². The minimum absolute atomic E-state index is 0.0498. The molecule has 0 saturated carbocycles. The lowest BCUT2D eigenvalue weighted by Gasteiger charge is -2.36.